The number of esters is 1. The average Bonchev–Trinajstić information content (AvgIpc) is 2.70. The molecular formula is C23H30ClFN2O6. The Morgan fingerprint density at radius 1 is 1.24 bits per heavy atom. The quantitative estimate of drug-likeness (QED) is 0.297. The second-order valence-corrected chi connectivity index (χ2v) is 8.59. The van der Waals surface area contributed by atoms with Gasteiger partial charge in [0.2, 0.25) is 5.91 Å². The first-order valence-corrected chi connectivity index (χ1v) is 10.7. The molecule has 2 amide bonds. The van der Waals surface area contributed by atoms with Gasteiger partial charge in [0.1, 0.15) is 12.2 Å². The molecule has 0 spiro atoms. The lowest BCUT2D eigenvalue weighted by atomic mass is 10.1. The van der Waals surface area contributed by atoms with E-state index in [1.165, 1.54) is 19.2 Å². The van der Waals surface area contributed by atoms with Crippen molar-refractivity contribution in [1.82, 2.24) is 5.32 Å². The molecule has 1 rings (SSSR count). The standard InChI is InChI=1S/C23H30ClFN2O6/c1-23(2,3)33-22(30)27-17(10-11-19(26)28)14-32-18-13-16(24)12-15(21(18)25)8-6-5-7-9-20(29)31-4/h12-13,17H,5,7,9-11,14H2,1-4H3,(H2,26,28)(H,27,30)/t17-/m0/s1. The zero-order valence-electron chi connectivity index (χ0n) is 19.3. The van der Waals surface area contributed by atoms with E-state index in [1.54, 1.807) is 20.8 Å². The number of alkyl carbamates (subject to hydrolysis) is 1. The Hall–Kier alpha value is -2.99. The molecule has 0 aliphatic heterocycles. The topological polar surface area (TPSA) is 117 Å². The van der Waals surface area contributed by atoms with Gasteiger partial charge < -0.3 is 25.3 Å². The fourth-order valence-electron chi connectivity index (χ4n) is 2.52. The summed E-state index contributed by atoms with van der Waals surface area (Å²) in [5.74, 6) is 3.70. The summed E-state index contributed by atoms with van der Waals surface area (Å²) in [4.78, 5) is 34.4. The van der Waals surface area contributed by atoms with Gasteiger partial charge in [0.15, 0.2) is 11.6 Å². The van der Waals surface area contributed by atoms with Crippen molar-refractivity contribution in [2.75, 3.05) is 13.7 Å². The molecule has 0 radical (unpaired) electrons. The third-order valence-electron chi connectivity index (χ3n) is 4.04. The van der Waals surface area contributed by atoms with Crippen molar-refractivity contribution in [3.8, 4) is 17.6 Å². The van der Waals surface area contributed by atoms with Crippen molar-refractivity contribution < 1.29 is 33.0 Å². The number of nitrogens with one attached hydrogen (secondary N) is 1. The molecule has 182 valence electrons. The number of nitrogens with two attached hydrogens (primary N) is 1. The Morgan fingerprint density at radius 3 is 2.55 bits per heavy atom. The number of ether oxygens (including phenoxy) is 3. The molecule has 3 N–H and O–H groups in total. The number of primary amides is 1. The van der Waals surface area contributed by atoms with E-state index >= 15 is 0 Å². The highest BCUT2D eigenvalue weighted by atomic mass is 35.5. The summed E-state index contributed by atoms with van der Waals surface area (Å²) in [6.07, 6.45) is 0.517. The van der Waals surface area contributed by atoms with Gasteiger partial charge in [0, 0.05) is 30.4 Å². The van der Waals surface area contributed by atoms with Crippen LogP contribution in [0.5, 0.6) is 5.75 Å². The molecule has 0 saturated carbocycles. The van der Waals surface area contributed by atoms with Crippen LogP contribution >= 0.6 is 11.6 Å². The van der Waals surface area contributed by atoms with E-state index in [2.05, 4.69) is 21.9 Å². The van der Waals surface area contributed by atoms with Crippen LogP contribution < -0.4 is 15.8 Å². The van der Waals surface area contributed by atoms with Gasteiger partial charge in [-0.3, -0.25) is 9.59 Å². The van der Waals surface area contributed by atoms with Gasteiger partial charge in [0.05, 0.1) is 18.7 Å². The van der Waals surface area contributed by atoms with E-state index in [-0.39, 0.29) is 48.2 Å². The van der Waals surface area contributed by atoms with Gasteiger partial charge >= 0.3 is 12.1 Å². The summed E-state index contributed by atoms with van der Waals surface area (Å²) in [7, 11) is 1.30. The molecule has 0 fully saturated rings. The minimum Gasteiger partial charge on any atom is -0.488 e. The lowest BCUT2D eigenvalue weighted by Gasteiger charge is -2.23. The second-order valence-electron chi connectivity index (χ2n) is 8.16. The molecule has 0 unspecified atom stereocenters. The lowest BCUT2D eigenvalue weighted by Crippen LogP contribution is -2.42. The first kappa shape index (κ1) is 28.0. The van der Waals surface area contributed by atoms with E-state index in [0.717, 1.165) is 0 Å². The van der Waals surface area contributed by atoms with Crippen molar-refractivity contribution in [3.63, 3.8) is 0 Å². The molecule has 8 nitrogen and oxygen atoms in total. The van der Waals surface area contributed by atoms with Crippen molar-refractivity contribution >= 4 is 29.6 Å². The summed E-state index contributed by atoms with van der Waals surface area (Å²) in [5, 5.41) is 2.80. The normalized spacial score (nSPS) is 11.6. The van der Waals surface area contributed by atoms with Gasteiger partial charge in [0.25, 0.3) is 0 Å². The zero-order chi connectivity index (χ0) is 25.0. The molecule has 1 atom stereocenters. The molecule has 1 aromatic rings. The van der Waals surface area contributed by atoms with E-state index in [0.29, 0.717) is 12.8 Å². The number of carbonyl (C=O) groups is 3. The third-order valence-corrected chi connectivity index (χ3v) is 4.26. The predicted octanol–water partition coefficient (Wildman–Crippen LogP) is 3.71. The Kier molecular flexibility index (Phi) is 11.5. The number of amides is 2. The minimum absolute atomic E-state index is 0.00977. The van der Waals surface area contributed by atoms with Crippen LogP contribution in [-0.2, 0) is 19.1 Å². The minimum atomic E-state index is -0.720. The molecule has 0 aliphatic carbocycles. The smallest absolute Gasteiger partial charge is 0.407 e. The fraction of sp³-hybridized carbons (Fsp3) is 0.522. The van der Waals surface area contributed by atoms with Crippen LogP contribution in [0, 0.1) is 17.7 Å². The summed E-state index contributed by atoms with van der Waals surface area (Å²) in [5.41, 5.74) is 4.51. The van der Waals surface area contributed by atoms with E-state index < -0.39 is 29.5 Å². The highest BCUT2D eigenvalue weighted by molar-refractivity contribution is 6.30. The van der Waals surface area contributed by atoms with Crippen LogP contribution in [0.1, 0.15) is 58.4 Å². The van der Waals surface area contributed by atoms with E-state index in [9.17, 15) is 18.8 Å². The van der Waals surface area contributed by atoms with Crippen LogP contribution in [0.2, 0.25) is 5.02 Å². The maximum absolute atomic E-state index is 14.8. The monoisotopic (exact) mass is 484 g/mol. The molecule has 0 heterocycles. The summed E-state index contributed by atoms with van der Waals surface area (Å²) in [6.45, 7) is 4.97. The predicted molar refractivity (Wildman–Crippen MR) is 121 cm³/mol. The van der Waals surface area contributed by atoms with Crippen LogP contribution in [-0.4, -0.2) is 43.3 Å². The maximum atomic E-state index is 14.8. The summed E-state index contributed by atoms with van der Waals surface area (Å²) in [6, 6.07) is 1.98. The molecule has 0 bridgehead atoms. The first-order chi connectivity index (χ1) is 15.4. The number of carbonyl (C=O) groups excluding carboxylic acids is 3. The van der Waals surface area contributed by atoms with Gasteiger partial charge in [-0.05, 0) is 39.7 Å². The molecule has 0 aromatic heterocycles. The SMILES string of the molecule is COC(=O)CCCC#Cc1cc(Cl)cc(OC[C@H](CCC(N)=O)NC(=O)OC(C)(C)C)c1F. The molecular weight excluding hydrogens is 455 g/mol. The van der Waals surface area contributed by atoms with Crippen molar-refractivity contribution in [2.24, 2.45) is 5.73 Å². The molecule has 0 aliphatic rings. The number of halogens is 2. The highest BCUT2D eigenvalue weighted by Crippen LogP contribution is 2.26. The molecule has 33 heavy (non-hydrogen) atoms. The van der Waals surface area contributed by atoms with Gasteiger partial charge in [-0.15, -0.1) is 0 Å². The maximum Gasteiger partial charge on any atom is 0.407 e. The van der Waals surface area contributed by atoms with Crippen molar-refractivity contribution in [1.29, 1.82) is 0 Å². The zero-order valence-corrected chi connectivity index (χ0v) is 20.0. The van der Waals surface area contributed by atoms with Crippen LogP contribution in [0.15, 0.2) is 12.1 Å². The summed E-state index contributed by atoms with van der Waals surface area (Å²) < 4.78 is 30.2. The van der Waals surface area contributed by atoms with Crippen LogP contribution in [0.25, 0.3) is 0 Å². The highest BCUT2D eigenvalue weighted by Gasteiger charge is 2.21. The second kappa shape index (κ2) is 13.5. The van der Waals surface area contributed by atoms with Gasteiger partial charge in [-0.2, -0.15) is 0 Å². The fourth-order valence-corrected chi connectivity index (χ4v) is 2.73. The summed E-state index contributed by atoms with van der Waals surface area (Å²) >= 11 is 6.07. The number of unbranched alkanes of at least 4 members (excludes halogenated alkanes) is 1. The van der Waals surface area contributed by atoms with E-state index in [1.807, 2.05) is 0 Å². The Labute approximate surface area is 198 Å². The van der Waals surface area contributed by atoms with E-state index in [4.69, 9.17) is 26.8 Å². The van der Waals surface area contributed by atoms with Crippen molar-refractivity contribution in [2.45, 2.75) is 64.5 Å². The average molecular weight is 485 g/mol. The lowest BCUT2D eigenvalue weighted by molar-refractivity contribution is -0.140. The number of hydrogen-bond donors (Lipinski definition) is 2. The van der Waals surface area contributed by atoms with Crippen LogP contribution in [0.4, 0.5) is 9.18 Å². The molecule has 10 heteroatoms. The van der Waals surface area contributed by atoms with Gasteiger partial charge in [-0.25, -0.2) is 9.18 Å². The molecule has 1 aromatic carbocycles. The van der Waals surface area contributed by atoms with Crippen molar-refractivity contribution in [3.05, 3.63) is 28.5 Å². The third kappa shape index (κ3) is 12.0. The Morgan fingerprint density at radius 2 is 1.94 bits per heavy atom. The van der Waals surface area contributed by atoms with Crippen LogP contribution in [0.3, 0.4) is 0 Å². The number of benzene rings is 1. The Bertz CT molecular complexity index is 905. The number of methoxy groups -OCH3 is 1. The molecule has 0 saturated heterocycles. The first-order valence-electron chi connectivity index (χ1n) is 10.4. The Balaban J connectivity index is 2.86. The number of rotatable bonds is 10. The number of hydrogen-bond acceptors (Lipinski definition) is 6. The largest absolute Gasteiger partial charge is 0.488 e. The van der Waals surface area contributed by atoms with Gasteiger partial charge in [-0.1, -0.05) is 23.4 Å².